The van der Waals surface area contributed by atoms with Gasteiger partial charge in [0.1, 0.15) is 16.3 Å². The van der Waals surface area contributed by atoms with Crippen LogP contribution >= 0.6 is 11.3 Å². The number of carbonyl (C=O) groups is 1. The van der Waals surface area contributed by atoms with E-state index in [1.54, 1.807) is 44.7 Å². The van der Waals surface area contributed by atoms with Crippen molar-refractivity contribution in [1.29, 1.82) is 0 Å². The highest BCUT2D eigenvalue weighted by molar-refractivity contribution is 7.20. The van der Waals surface area contributed by atoms with Crippen molar-refractivity contribution in [2.24, 2.45) is 0 Å². The van der Waals surface area contributed by atoms with E-state index in [1.807, 2.05) is 19.9 Å². The van der Waals surface area contributed by atoms with Gasteiger partial charge in [0, 0.05) is 11.5 Å². The van der Waals surface area contributed by atoms with Gasteiger partial charge < -0.3 is 19.2 Å². The molecule has 0 radical (unpaired) electrons. The summed E-state index contributed by atoms with van der Waals surface area (Å²) in [6.45, 7) is 3.81. The summed E-state index contributed by atoms with van der Waals surface area (Å²) in [5.41, 5.74) is 2.21. The van der Waals surface area contributed by atoms with Gasteiger partial charge >= 0.3 is 0 Å². The van der Waals surface area contributed by atoms with E-state index in [0.29, 0.717) is 33.6 Å². The molecule has 4 rings (SSSR count). The second-order valence-electron chi connectivity index (χ2n) is 6.37. The number of amides is 1. The average Bonchev–Trinajstić information content (AvgIpc) is 3.36. The number of hydrogen-bond acceptors (Lipinski definition) is 7. The molecule has 0 unspecified atom stereocenters. The quantitative estimate of drug-likeness (QED) is 0.508. The van der Waals surface area contributed by atoms with Crippen LogP contribution in [0.5, 0.6) is 11.5 Å². The number of ether oxygens (including phenoxy) is 2. The number of hydrogen-bond donors (Lipinski definition) is 1. The SMILES string of the molecule is COc1ccc(NC(=O)c2sc3nc(-c4ccco4)nc(C)c3c2C)c(OC)c1. The summed E-state index contributed by atoms with van der Waals surface area (Å²) in [6.07, 6.45) is 1.58. The molecule has 1 amide bonds. The topological polar surface area (TPSA) is 86.5 Å². The van der Waals surface area contributed by atoms with E-state index in [1.165, 1.54) is 11.3 Å². The number of anilines is 1. The normalized spacial score (nSPS) is 10.9. The summed E-state index contributed by atoms with van der Waals surface area (Å²) in [7, 11) is 3.12. The molecule has 4 aromatic rings. The number of rotatable bonds is 5. The first kappa shape index (κ1) is 18.9. The molecule has 0 bridgehead atoms. The molecule has 0 aliphatic carbocycles. The third kappa shape index (κ3) is 3.42. The number of fused-ring (bicyclic) bond motifs is 1. The Labute approximate surface area is 171 Å². The van der Waals surface area contributed by atoms with Gasteiger partial charge in [-0.2, -0.15) is 0 Å². The van der Waals surface area contributed by atoms with Crippen LogP contribution in [0, 0.1) is 13.8 Å². The maximum absolute atomic E-state index is 13.0. The molecule has 0 atom stereocenters. The number of aromatic nitrogens is 2. The maximum atomic E-state index is 13.0. The highest BCUT2D eigenvalue weighted by Gasteiger charge is 2.21. The van der Waals surface area contributed by atoms with Crippen LogP contribution in [0.1, 0.15) is 20.9 Å². The van der Waals surface area contributed by atoms with E-state index in [-0.39, 0.29) is 5.91 Å². The van der Waals surface area contributed by atoms with Gasteiger partial charge in [0.2, 0.25) is 0 Å². The van der Waals surface area contributed by atoms with Gasteiger partial charge in [-0.3, -0.25) is 4.79 Å². The van der Waals surface area contributed by atoms with Gasteiger partial charge in [0.05, 0.1) is 36.7 Å². The Hall–Kier alpha value is -3.39. The average molecular weight is 409 g/mol. The number of nitrogens with one attached hydrogen (secondary N) is 1. The molecule has 7 nitrogen and oxygen atoms in total. The zero-order valence-electron chi connectivity index (χ0n) is 16.4. The van der Waals surface area contributed by atoms with Gasteiger partial charge in [0.15, 0.2) is 11.6 Å². The van der Waals surface area contributed by atoms with Crippen molar-refractivity contribution in [1.82, 2.24) is 9.97 Å². The Morgan fingerprint density at radius 3 is 2.66 bits per heavy atom. The highest BCUT2D eigenvalue weighted by atomic mass is 32.1. The van der Waals surface area contributed by atoms with Crippen molar-refractivity contribution in [2.45, 2.75) is 13.8 Å². The summed E-state index contributed by atoms with van der Waals surface area (Å²) in [4.78, 5) is 23.5. The van der Waals surface area contributed by atoms with E-state index in [0.717, 1.165) is 21.5 Å². The molecule has 148 valence electrons. The zero-order chi connectivity index (χ0) is 20.5. The molecule has 0 saturated carbocycles. The van der Waals surface area contributed by atoms with Gasteiger partial charge in [-0.25, -0.2) is 9.97 Å². The van der Waals surface area contributed by atoms with Crippen LogP contribution in [0.2, 0.25) is 0 Å². The molecule has 29 heavy (non-hydrogen) atoms. The lowest BCUT2D eigenvalue weighted by Gasteiger charge is -2.11. The number of aryl methyl sites for hydroxylation is 2. The third-order valence-corrected chi connectivity index (χ3v) is 5.76. The molecule has 3 aromatic heterocycles. The number of furan rings is 1. The van der Waals surface area contributed by atoms with Crippen LogP contribution in [-0.2, 0) is 0 Å². The van der Waals surface area contributed by atoms with Crippen molar-refractivity contribution in [3.63, 3.8) is 0 Å². The summed E-state index contributed by atoms with van der Waals surface area (Å²) < 4.78 is 16.0. The van der Waals surface area contributed by atoms with Gasteiger partial charge in [0.25, 0.3) is 5.91 Å². The fourth-order valence-electron chi connectivity index (χ4n) is 3.15. The van der Waals surface area contributed by atoms with Crippen molar-refractivity contribution in [3.8, 4) is 23.1 Å². The Bertz CT molecular complexity index is 1200. The molecule has 3 heterocycles. The number of methoxy groups -OCH3 is 2. The number of thiophene rings is 1. The van der Waals surface area contributed by atoms with Gasteiger partial charge in [-0.1, -0.05) is 0 Å². The highest BCUT2D eigenvalue weighted by Crippen LogP contribution is 2.35. The first-order chi connectivity index (χ1) is 14.0. The lowest BCUT2D eigenvalue weighted by molar-refractivity contribution is 0.102. The maximum Gasteiger partial charge on any atom is 0.266 e. The van der Waals surface area contributed by atoms with Crippen LogP contribution in [0.4, 0.5) is 5.69 Å². The second kappa shape index (κ2) is 7.56. The minimum Gasteiger partial charge on any atom is -0.497 e. The van der Waals surface area contributed by atoms with Gasteiger partial charge in [-0.05, 0) is 43.7 Å². The standard InChI is InChI=1S/C21H19N3O4S/c1-11-17-12(2)22-19(15-6-5-9-28-15)24-21(17)29-18(11)20(25)23-14-8-7-13(26-3)10-16(14)27-4/h5-10H,1-4H3,(H,23,25). The summed E-state index contributed by atoms with van der Waals surface area (Å²) >= 11 is 1.33. The molecule has 0 saturated heterocycles. The summed E-state index contributed by atoms with van der Waals surface area (Å²) in [5.74, 6) is 2.04. The Morgan fingerprint density at radius 2 is 1.97 bits per heavy atom. The predicted molar refractivity (Wildman–Crippen MR) is 112 cm³/mol. The predicted octanol–water partition coefficient (Wildman–Crippen LogP) is 4.84. The van der Waals surface area contributed by atoms with E-state index in [4.69, 9.17) is 13.9 Å². The van der Waals surface area contributed by atoms with E-state index in [2.05, 4.69) is 15.3 Å². The smallest absolute Gasteiger partial charge is 0.266 e. The van der Waals surface area contributed by atoms with Crippen LogP contribution < -0.4 is 14.8 Å². The molecule has 0 spiro atoms. The number of nitrogens with zero attached hydrogens (tertiary/aromatic N) is 2. The van der Waals surface area contributed by atoms with Crippen molar-refractivity contribution in [2.75, 3.05) is 19.5 Å². The van der Waals surface area contributed by atoms with E-state index < -0.39 is 0 Å². The van der Waals surface area contributed by atoms with Gasteiger partial charge in [-0.15, -0.1) is 11.3 Å². The molecule has 0 fully saturated rings. The molecule has 1 aromatic carbocycles. The monoisotopic (exact) mass is 409 g/mol. The number of benzene rings is 1. The largest absolute Gasteiger partial charge is 0.497 e. The molecule has 0 aliphatic heterocycles. The first-order valence-electron chi connectivity index (χ1n) is 8.86. The molecule has 8 heteroatoms. The van der Waals surface area contributed by atoms with Crippen molar-refractivity contribution in [3.05, 3.63) is 52.7 Å². The Morgan fingerprint density at radius 1 is 1.14 bits per heavy atom. The van der Waals surface area contributed by atoms with Crippen molar-refractivity contribution >= 4 is 33.1 Å². The Kier molecular flexibility index (Phi) is 4.94. The second-order valence-corrected chi connectivity index (χ2v) is 7.37. The molecule has 0 aliphatic rings. The van der Waals surface area contributed by atoms with Crippen LogP contribution in [-0.4, -0.2) is 30.1 Å². The fourth-order valence-corrected chi connectivity index (χ4v) is 4.28. The van der Waals surface area contributed by atoms with Crippen molar-refractivity contribution < 1.29 is 18.7 Å². The molecular weight excluding hydrogens is 390 g/mol. The summed E-state index contributed by atoms with van der Waals surface area (Å²) in [6, 6.07) is 8.84. The lowest BCUT2D eigenvalue weighted by atomic mass is 10.1. The Balaban J connectivity index is 1.71. The van der Waals surface area contributed by atoms with E-state index in [9.17, 15) is 4.79 Å². The number of carbonyl (C=O) groups excluding carboxylic acids is 1. The van der Waals surface area contributed by atoms with E-state index >= 15 is 0 Å². The minimum absolute atomic E-state index is 0.229. The first-order valence-corrected chi connectivity index (χ1v) is 9.68. The lowest BCUT2D eigenvalue weighted by Crippen LogP contribution is -2.12. The van der Waals surface area contributed by atoms with Crippen LogP contribution in [0.25, 0.3) is 21.8 Å². The zero-order valence-corrected chi connectivity index (χ0v) is 17.2. The van der Waals surface area contributed by atoms with Crippen LogP contribution in [0.3, 0.4) is 0 Å². The van der Waals surface area contributed by atoms with Crippen LogP contribution in [0.15, 0.2) is 41.0 Å². The third-order valence-electron chi connectivity index (χ3n) is 4.58. The fraction of sp³-hybridized carbons (Fsp3) is 0.190. The molecular formula is C21H19N3O4S. The summed E-state index contributed by atoms with van der Waals surface area (Å²) in [5, 5.41) is 3.80. The minimum atomic E-state index is -0.229. The molecule has 1 N–H and O–H groups in total.